The first kappa shape index (κ1) is 15.7. The van der Waals surface area contributed by atoms with Crippen molar-refractivity contribution in [1.29, 1.82) is 5.26 Å². The van der Waals surface area contributed by atoms with Crippen LogP contribution in [0, 0.1) is 17.1 Å². The summed E-state index contributed by atoms with van der Waals surface area (Å²) in [4.78, 5) is 16.3. The van der Waals surface area contributed by atoms with Crippen LogP contribution < -0.4 is 0 Å². The van der Waals surface area contributed by atoms with Crippen LogP contribution in [0.15, 0.2) is 18.2 Å². The number of nitriles is 1. The Morgan fingerprint density at radius 2 is 2.10 bits per heavy atom. The molecule has 0 unspecified atom stereocenters. The summed E-state index contributed by atoms with van der Waals surface area (Å²) in [6, 6.07) is 6.17. The standard InChI is InChI=1S/C15H17ClFN3O/c1-11(4-5-18)19-6-8-20(9-7-19)15(21)13-3-2-12(17)10-14(13)16/h2-3,10-11H,4,6-9H2,1H3/t11-/m1/s1. The Morgan fingerprint density at radius 1 is 1.43 bits per heavy atom. The van der Waals surface area contributed by atoms with Gasteiger partial charge in [0.1, 0.15) is 5.82 Å². The van der Waals surface area contributed by atoms with E-state index in [1.807, 2.05) is 6.92 Å². The Kier molecular flexibility index (Phi) is 5.16. The lowest BCUT2D eigenvalue weighted by Crippen LogP contribution is -2.51. The molecule has 0 saturated carbocycles. The minimum Gasteiger partial charge on any atom is -0.336 e. The molecule has 21 heavy (non-hydrogen) atoms. The molecule has 0 aliphatic carbocycles. The highest BCUT2D eigenvalue weighted by Crippen LogP contribution is 2.20. The first-order valence-corrected chi connectivity index (χ1v) is 7.26. The van der Waals surface area contributed by atoms with Crippen LogP contribution in [0.4, 0.5) is 4.39 Å². The zero-order valence-corrected chi connectivity index (χ0v) is 12.6. The van der Waals surface area contributed by atoms with Crippen molar-refractivity contribution in [2.24, 2.45) is 0 Å². The number of rotatable bonds is 3. The lowest BCUT2D eigenvalue weighted by molar-refractivity contribution is 0.0586. The highest BCUT2D eigenvalue weighted by molar-refractivity contribution is 6.33. The molecule has 4 nitrogen and oxygen atoms in total. The maximum atomic E-state index is 13.0. The van der Waals surface area contributed by atoms with Gasteiger partial charge in [0.15, 0.2) is 0 Å². The van der Waals surface area contributed by atoms with Crippen LogP contribution in [-0.4, -0.2) is 47.9 Å². The summed E-state index contributed by atoms with van der Waals surface area (Å²) >= 11 is 5.93. The normalized spacial score (nSPS) is 17.3. The molecule has 1 fully saturated rings. The first-order chi connectivity index (χ1) is 10.0. The van der Waals surface area contributed by atoms with Crippen molar-refractivity contribution in [3.05, 3.63) is 34.6 Å². The molecule has 0 spiro atoms. The van der Waals surface area contributed by atoms with Crippen LogP contribution in [0.25, 0.3) is 0 Å². The topological polar surface area (TPSA) is 47.3 Å². The predicted octanol–water partition coefficient (Wildman–Crippen LogP) is 2.54. The van der Waals surface area contributed by atoms with Crippen molar-refractivity contribution in [2.75, 3.05) is 26.2 Å². The van der Waals surface area contributed by atoms with Gasteiger partial charge in [0.05, 0.1) is 23.1 Å². The van der Waals surface area contributed by atoms with E-state index in [1.165, 1.54) is 12.1 Å². The first-order valence-electron chi connectivity index (χ1n) is 6.88. The van der Waals surface area contributed by atoms with Crippen molar-refractivity contribution in [3.8, 4) is 6.07 Å². The van der Waals surface area contributed by atoms with Gasteiger partial charge in [-0.15, -0.1) is 0 Å². The molecule has 1 atom stereocenters. The molecule has 0 radical (unpaired) electrons. The smallest absolute Gasteiger partial charge is 0.255 e. The third kappa shape index (κ3) is 3.72. The van der Waals surface area contributed by atoms with E-state index in [-0.39, 0.29) is 17.0 Å². The average molecular weight is 310 g/mol. The Hall–Kier alpha value is -1.64. The summed E-state index contributed by atoms with van der Waals surface area (Å²) in [5.41, 5.74) is 0.330. The lowest BCUT2D eigenvalue weighted by atomic mass is 10.1. The van der Waals surface area contributed by atoms with Gasteiger partial charge in [-0.05, 0) is 25.1 Å². The fraction of sp³-hybridized carbons (Fsp3) is 0.467. The van der Waals surface area contributed by atoms with Crippen molar-refractivity contribution in [1.82, 2.24) is 9.80 Å². The van der Waals surface area contributed by atoms with E-state index >= 15 is 0 Å². The number of piperazine rings is 1. The molecule has 1 heterocycles. The molecule has 112 valence electrons. The van der Waals surface area contributed by atoms with E-state index in [2.05, 4.69) is 11.0 Å². The maximum absolute atomic E-state index is 13.0. The third-order valence-electron chi connectivity index (χ3n) is 3.77. The molecular weight excluding hydrogens is 293 g/mol. The Bertz CT molecular complexity index is 565. The van der Waals surface area contributed by atoms with Crippen molar-refractivity contribution in [2.45, 2.75) is 19.4 Å². The molecule has 0 aromatic heterocycles. The van der Waals surface area contributed by atoms with Gasteiger partial charge in [0.2, 0.25) is 0 Å². The number of carbonyl (C=O) groups is 1. The number of hydrogen-bond donors (Lipinski definition) is 0. The quantitative estimate of drug-likeness (QED) is 0.862. The van der Waals surface area contributed by atoms with Crippen LogP contribution in [0.5, 0.6) is 0 Å². The van der Waals surface area contributed by atoms with Crippen molar-refractivity contribution >= 4 is 17.5 Å². The van der Waals surface area contributed by atoms with Crippen LogP contribution in [0.3, 0.4) is 0 Å². The molecule has 2 rings (SSSR count). The van der Waals surface area contributed by atoms with E-state index in [9.17, 15) is 9.18 Å². The number of carbonyl (C=O) groups excluding carboxylic acids is 1. The number of halogens is 2. The van der Waals surface area contributed by atoms with Gasteiger partial charge in [-0.2, -0.15) is 5.26 Å². The Balaban J connectivity index is 1.99. The molecule has 6 heteroatoms. The highest BCUT2D eigenvalue weighted by Gasteiger charge is 2.25. The van der Waals surface area contributed by atoms with E-state index in [1.54, 1.807) is 4.90 Å². The molecule has 1 aliphatic heterocycles. The number of nitrogens with zero attached hydrogens (tertiary/aromatic N) is 3. The van der Waals surface area contributed by atoms with Crippen LogP contribution in [0.2, 0.25) is 5.02 Å². The van der Waals surface area contributed by atoms with Gasteiger partial charge in [-0.25, -0.2) is 4.39 Å². The van der Waals surface area contributed by atoms with Gasteiger partial charge in [0.25, 0.3) is 5.91 Å². The summed E-state index contributed by atoms with van der Waals surface area (Å²) in [5, 5.41) is 8.86. The molecule has 0 bridgehead atoms. The van der Waals surface area contributed by atoms with Gasteiger partial charge >= 0.3 is 0 Å². The fourth-order valence-corrected chi connectivity index (χ4v) is 2.71. The van der Waals surface area contributed by atoms with E-state index in [4.69, 9.17) is 16.9 Å². The lowest BCUT2D eigenvalue weighted by Gasteiger charge is -2.37. The zero-order chi connectivity index (χ0) is 15.4. The molecule has 1 aliphatic rings. The van der Waals surface area contributed by atoms with E-state index < -0.39 is 5.82 Å². The molecular formula is C15H17ClFN3O. The average Bonchev–Trinajstić information content (AvgIpc) is 2.47. The second-order valence-corrected chi connectivity index (χ2v) is 5.57. The SMILES string of the molecule is C[C@H](CC#N)N1CCN(C(=O)c2ccc(F)cc2Cl)CC1. The maximum Gasteiger partial charge on any atom is 0.255 e. The molecule has 1 saturated heterocycles. The summed E-state index contributed by atoms with van der Waals surface area (Å²) in [6.07, 6.45) is 0.484. The molecule has 1 aromatic rings. The van der Waals surface area contributed by atoms with Gasteiger partial charge in [-0.3, -0.25) is 9.69 Å². The second-order valence-electron chi connectivity index (χ2n) is 5.16. The molecule has 1 amide bonds. The number of benzene rings is 1. The summed E-state index contributed by atoms with van der Waals surface area (Å²) in [6.45, 7) is 4.64. The minimum atomic E-state index is -0.452. The largest absolute Gasteiger partial charge is 0.336 e. The Morgan fingerprint density at radius 3 is 2.67 bits per heavy atom. The minimum absolute atomic E-state index is 0.139. The zero-order valence-electron chi connectivity index (χ0n) is 11.9. The number of hydrogen-bond acceptors (Lipinski definition) is 3. The van der Waals surface area contributed by atoms with E-state index in [0.717, 1.165) is 19.2 Å². The Labute approximate surface area is 128 Å². The second kappa shape index (κ2) is 6.88. The summed E-state index contributed by atoms with van der Waals surface area (Å²) in [5.74, 6) is -0.626. The highest BCUT2D eigenvalue weighted by atomic mass is 35.5. The summed E-state index contributed by atoms with van der Waals surface area (Å²) in [7, 11) is 0. The summed E-state index contributed by atoms with van der Waals surface area (Å²) < 4.78 is 13.0. The van der Waals surface area contributed by atoms with Crippen molar-refractivity contribution in [3.63, 3.8) is 0 Å². The monoisotopic (exact) mass is 309 g/mol. The van der Waals surface area contributed by atoms with Gasteiger partial charge < -0.3 is 4.90 Å². The third-order valence-corrected chi connectivity index (χ3v) is 4.09. The number of amides is 1. The fourth-order valence-electron chi connectivity index (χ4n) is 2.46. The van der Waals surface area contributed by atoms with Gasteiger partial charge in [-0.1, -0.05) is 11.6 Å². The van der Waals surface area contributed by atoms with Gasteiger partial charge in [0, 0.05) is 32.2 Å². The van der Waals surface area contributed by atoms with Crippen LogP contribution in [-0.2, 0) is 0 Å². The predicted molar refractivity (Wildman–Crippen MR) is 78.6 cm³/mol. The van der Waals surface area contributed by atoms with Crippen LogP contribution >= 0.6 is 11.6 Å². The van der Waals surface area contributed by atoms with E-state index in [0.29, 0.717) is 25.1 Å². The molecule has 0 N–H and O–H groups in total. The van der Waals surface area contributed by atoms with Crippen LogP contribution in [0.1, 0.15) is 23.7 Å². The molecule has 1 aromatic carbocycles. The van der Waals surface area contributed by atoms with Crippen molar-refractivity contribution < 1.29 is 9.18 Å².